The monoisotopic (exact) mass is 214 g/mol. The number of amides is 1. The number of ether oxygens (including phenoxy) is 1. The van der Waals surface area contributed by atoms with Crippen molar-refractivity contribution in [1.29, 1.82) is 0 Å². The number of carbonyl (C=O) groups is 1. The summed E-state index contributed by atoms with van der Waals surface area (Å²) in [6.45, 7) is 2.43. The second-order valence-corrected chi connectivity index (χ2v) is 4.34. The Hall–Kier alpha value is -0.610. The highest BCUT2D eigenvalue weighted by Gasteiger charge is 2.25. The van der Waals surface area contributed by atoms with Crippen LogP contribution in [0, 0.1) is 5.92 Å². The highest BCUT2D eigenvalue weighted by molar-refractivity contribution is 5.81. The van der Waals surface area contributed by atoms with Gasteiger partial charge in [0, 0.05) is 19.7 Å². The molecule has 0 aromatic heterocycles. The number of nitrogens with one attached hydrogen (secondary N) is 1. The molecule has 0 aromatic rings. The second kappa shape index (κ2) is 6.08. The van der Waals surface area contributed by atoms with E-state index in [1.54, 1.807) is 0 Å². The molecule has 1 amide bonds. The van der Waals surface area contributed by atoms with E-state index in [4.69, 9.17) is 10.5 Å². The average Bonchev–Trinajstić information content (AvgIpc) is 2.23. The fourth-order valence-corrected chi connectivity index (χ4v) is 2.12. The van der Waals surface area contributed by atoms with Gasteiger partial charge in [-0.1, -0.05) is 19.8 Å². The van der Waals surface area contributed by atoms with E-state index >= 15 is 0 Å². The smallest absolute Gasteiger partial charge is 0.250 e. The van der Waals surface area contributed by atoms with E-state index in [0.717, 1.165) is 6.42 Å². The molecule has 3 N–H and O–H groups in total. The minimum absolute atomic E-state index is 0.0706. The van der Waals surface area contributed by atoms with Crippen LogP contribution in [0.15, 0.2) is 0 Å². The van der Waals surface area contributed by atoms with E-state index < -0.39 is 6.10 Å². The first kappa shape index (κ1) is 12.5. The predicted octanol–water partition coefficient (Wildman–Crippen LogP) is 0.655. The Balaban J connectivity index is 2.41. The first-order valence-corrected chi connectivity index (χ1v) is 5.72. The van der Waals surface area contributed by atoms with Crippen molar-refractivity contribution in [3.8, 4) is 0 Å². The van der Waals surface area contributed by atoms with Crippen molar-refractivity contribution in [3.05, 3.63) is 0 Å². The molecule has 0 radical (unpaired) electrons. The van der Waals surface area contributed by atoms with Crippen LogP contribution in [0.3, 0.4) is 0 Å². The van der Waals surface area contributed by atoms with E-state index in [1.807, 2.05) is 0 Å². The fourth-order valence-electron chi connectivity index (χ4n) is 2.12. The van der Waals surface area contributed by atoms with Gasteiger partial charge in [-0.3, -0.25) is 4.79 Å². The molecule has 4 heteroatoms. The van der Waals surface area contributed by atoms with Crippen LogP contribution in [0.5, 0.6) is 0 Å². The number of rotatable bonds is 4. The first-order valence-electron chi connectivity index (χ1n) is 5.72. The number of hydrogen-bond donors (Lipinski definition) is 2. The van der Waals surface area contributed by atoms with Crippen molar-refractivity contribution in [2.45, 2.75) is 44.8 Å². The summed E-state index contributed by atoms with van der Waals surface area (Å²) in [6.07, 6.45) is 4.26. The molecular weight excluding hydrogens is 192 g/mol. The molecule has 0 aliphatic heterocycles. The SMILES string of the molecule is COC(CN)C(=O)NC1CCCCC1C. The highest BCUT2D eigenvalue weighted by Crippen LogP contribution is 2.23. The zero-order valence-corrected chi connectivity index (χ0v) is 9.66. The van der Waals surface area contributed by atoms with Crippen molar-refractivity contribution in [2.75, 3.05) is 13.7 Å². The van der Waals surface area contributed by atoms with Crippen LogP contribution in [0.4, 0.5) is 0 Å². The van der Waals surface area contributed by atoms with Crippen molar-refractivity contribution < 1.29 is 9.53 Å². The van der Waals surface area contributed by atoms with Crippen molar-refractivity contribution in [2.24, 2.45) is 11.7 Å². The molecule has 15 heavy (non-hydrogen) atoms. The fraction of sp³-hybridized carbons (Fsp3) is 0.909. The van der Waals surface area contributed by atoms with Crippen LogP contribution in [0.25, 0.3) is 0 Å². The zero-order chi connectivity index (χ0) is 11.3. The minimum Gasteiger partial charge on any atom is -0.370 e. The van der Waals surface area contributed by atoms with Gasteiger partial charge in [-0.2, -0.15) is 0 Å². The van der Waals surface area contributed by atoms with Crippen LogP contribution >= 0.6 is 0 Å². The third kappa shape index (κ3) is 3.47. The Morgan fingerprint density at radius 1 is 1.53 bits per heavy atom. The molecule has 1 rings (SSSR count). The van der Waals surface area contributed by atoms with E-state index in [9.17, 15) is 4.79 Å². The van der Waals surface area contributed by atoms with Gasteiger partial charge in [0.25, 0.3) is 5.91 Å². The maximum absolute atomic E-state index is 11.7. The van der Waals surface area contributed by atoms with Gasteiger partial charge < -0.3 is 15.8 Å². The van der Waals surface area contributed by atoms with Crippen LogP contribution in [-0.4, -0.2) is 31.7 Å². The van der Waals surface area contributed by atoms with E-state index in [2.05, 4.69) is 12.2 Å². The van der Waals surface area contributed by atoms with Crippen LogP contribution in [-0.2, 0) is 9.53 Å². The van der Waals surface area contributed by atoms with Gasteiger partial charge in [-0.25, -0.2) is 0 Å². The molecule has 3 atom stereocenters. The molecule has 0 spiro atoms. The molecule has 0 aromatic carbocycles. The van der Waals surface area contributed by atoms with E-state index in [1.165, 1.54) is 26.4 Å². The third-order valence-electron chi connectivity index (χ3n) is 3.23. The van der Waals surface area contributed by atoms with Crippen molar-refractivity contribution in [1.82, 2.24) is 5.32 Å². The molecule has 0 bridgehead atoms. The van der Waals surface area contributed by atoms with Gasteiger partial charge in [0.1, 0.15) is 6.10 Å². The molecule has 0 heterocycles. The van der Waals surface area contributed by atoms with E-state index in [0.29, 0.717) is 12.0 Å². The molecule has 0 saturated heterocycles. The largest absolute Gasteiger partial charge is 0.370 e. The van der Waals surface area contributed by atoms with E-state index in [-0.39, 0.29) is 12.5 Å². The maximum Gasteiger partial charge on any atom is 0.250 e. The molecule has 1 aliphatic rings. The normalized spacial score (nSPS) is 28.5. The van der Waals surface area contributed by atoms with Crippen LogP contribution in [0.2, 0.25) is 0 Å². The van der Waals surface area contributed by atoms with Crippen molar-refractivity contribution in [3.63, 3.8) is 0 Å². The lowest BCUT2D eigenvalue weighted by atomic mass is 9.86. The Morgan fingerprint density at radius 3 is 2.73 bits per heavy atom. The summed E-state index contributed by atoms with van der Waals surface area (Å²) < 4.78 is 5.00. The molecule has 1 aliphatic carbocycles. The number of hydrogen-bond acceptors (Lipinski definition) is 3. The Kier molecular flexibility index (Phi) is 5.05. The molecule has 1 fully saturated rings. The molecule has 88 valence electrons. The lowest BCUT2D eigenvalue weighted by Crippen LogP contribution is -2.48. The standard InChI is InChI=1S/C11H22N2O2/c1-8-5-3-4-6-9(8)13-11(14)10(7-12)15-2/h8-10H,3-7,12H2,1-2H3,(H,13,14). The summed E-state index contributed by atoms with van der Waals surface area (Å²) in [7, 11) is 1.52. The maximum atomic E-state index is 11.7. The van der Waals surface area contributed by atoms with Gasteiger partial charge in [-0.15, -0.1) is 0 Å². The second-order valence-electron chi connectivity index (χ2n) is 4.34. The summed E-state index contributed by atoms with van der Waals surface area (Å²) in [5, 5.41) is 3.03. The summed E-state index contributed by atoms with van der Waals surface area (Å²) >= 11 is 0. The number of carbonyl (C=O) groups excluding carboxylic acids is 1. The molecule has 4 nitrogen and oxygen atoms in total. The van der Waals surface area contributed by atoms with Gasteiger partial charge in [0.05, 0.1) is 0 Å². The zero-order valence-electron chi connectivity index (χ0n) is 9.66. The summed E-state index contributed by atoms with van der Waals surface area (Å²) in [6, 6.07) is 0.301. The minimum atomic E-state index is -0.501. The van der Waals surface area contributed by atoms with Crippen LogP contribution < -0.4 is 11.1 Å². The topological polar surface area (TPSA) is 64.3 Å². The third-order valence-corrected chi connectivity index (χ3v) is 3.23. The Bertz CT molecular complexity index is 205. The lowest BCUT2D eigenvalue weighted by molar-refractivity contribution is -0.131. The molecule has 3 unspecified atom stereocenters. The predicted molar refractivity (Wildman–Crippen MR) is 59.4 cm³/mol. The quantitative estimate of drug-likeness (QED) is 0.722. The summed E-state index contributed by atoms with van der Waals surface area (Å²) in [4.78, 5) is 11.7. The summed E-state index contributed by atoms with van der Waals surface area (Å²) in [5.74, 6) is 0.497. The summed E-state index contributed by atoms with van der Waals surface area (Å²) in [5.41, 5.74) is 5.44. The van der Waals surface area contributed by atoms with Gasteiger partial charge in [0.2, 0.25) is 0 Å². The highest BCUT2D eigenvalue weighted by atomic mass is 16.5. The van der Waals surface area contributed by atoms with Gasteiger partial charge >= 0.3 is 0 Å². The average molecular weight is 214 g/mol. The Labute approximate surface area is 91.5 Å². The van der Waals surface area contributed by atoms with Crippen LogP contribution in [0.1, 0.15) is 32.6 Å². The number of methoxy groups -OCH3 is 1. The van der Waals surface area contributed by atoms with Gasteiger partial charge in [-0.05, 0) is 18.8 Å². The number of nitrogens with two attached hydrogens (primary N) is 1. The molecular formula is C11H22N2O2. The lowest BCUT2D eigenvalue weighted by Gasteiger charge is -2.30. The Morgan fingerprint density at radius 2 is 2.20 bits per heavy atom. The first-order chi connectivity index (χ1) is 7.19. The van der Waals surface area contributed by atoms with Crippen molar-refractivity contribution >= 4 is 5.91 Å². The molecule has 1 saturated carbocycles. The van der Waals surface area contributed by atoms with Gasteiger partial charge in [0.15, 0.2) is 0 Å².